The zero-order chi connectivity index (χ0) is 22.6. The highest BCUT2D eigenvalue weighted by Crippen LogP contribution is 2.33. The number of aromatic nitrogens is 1. The van der Waals surface area contributed by atoms with E-state index in [1.807, 2.05) is 36.4 Å². The lowest BCUT2D eigenvalue weighted by Crippen LogP contribution is -2.37. The van der Waals surface area contributed by atoms with Crippen molar-refractivity contribution in [3.05, 3.63) is 59.7 Å². The van der Waals surface area contributed by atoms with Gasteiger partial charge >= 0.3 is 0 Å². The topological polar surface area (TPSA) is 96.7 Å². The van der Waals surface area contributed by atoms with Crippen molar-refractivity contribution in [1.82, 2.24) is 4.98 Å². The van der Waals surface area contributed by atoms with Gasteiger partial charge in [-0.25, -0.2) is 4.98 Å². The molecule has 3 aromatic rings. The molecule has 5 rings (SSSR count). The molecule has 0 aliphatic carbocycles. The second-order valence-corrected chi connectivity index (χ2v) is 7.68. The average molecular weight is 442 g/mol. The van der Waals surface area contributed by atoms with Gasteiger partial charge in [0.25, 0.3) is 5.91 Å². The summed E-state index contributed by atoms with van der Waals surface area (Å²) in [5, 5.41) is 13.5. The van der Waals surface area contributed by atoms with Crippen LogP contribution in [0.2, 0.25) is 0 Å². The summed E-state index contributed by atoms with van der Waals surface area (Å²) in [6.45, 7) is 3.54. The first-order chi connectivity index (χ1) is 16.2. The number of morpholine rings is 1. The number of nitrogens with one attached hydrogen (secondary N) is 1. The summed E-state index contributed by atoms with van der Waals surface area (Å²) >= 11 is 0. The maximum atomic E-state index is 12.9. The minimum absolute atomic E-state index is 0.0171. The fourth-order valence-corrected chi connectivity index (χ4v) is 3.88. The number of fused-ring (bicyclic) bond motifs is 2. The Kier molecular flexibility index (Phi) is 5.79. The Morgan fingerprint density at radius 1 is 1.03 bits per heavy atom. The van der Waals surface area contributed by atoms with Gasteiger partial charge in [0.05, 0.1) is 18.7 Å². The van der Waals surface area contributed by atoms with Gasteiger partial charge in [-0.3, -0.25) is 4.79 Å². The number of pyridine rings is 1. The highest BCUT2D eigenvalue weighted by molar-refractivity contribution is 6.10. The van der Waals surface area contributed by atoms with E-state index in [1.165, 1.54) is 0 Å². The van der Waals surface area contributed by atoms with Crippen LogP contribution in [-0.4, -0.2) is 50.4 Å². The second kappa shape index (κ2) is 9.18. The fourth-order valence-electron chi connectivity index (χ4n) is 3.88. The first kappa shape index (κ1) is 20.8. The Balaban J connectivity index is 1.47. The van der Waals surface area contributed by atoms with Gasteiger partial charge in [-0.15, -0.1) is 0 Å². The van der Waals surface area contributed by atoms with Gasteiger partial charge in [0.1, 0.15) is 30.7 Å². The Hall–Kier alpha value is -4.09. The molecule has 8 heteroatoms. The van der Waals surface area contributed by atoms with Crippen LogP contribution in [0, 0.1) is 11.3 Å². The van der Waals surface area contributed by atoms with E-state index in [4.69, 9.17) is 19.2 Å². The Morgan fingerprint density at radius 3 is 2.64 bits per heavy atom. The van der Waals surface area contributed by atoms with Crippen LogP contribution in [0.1, 0.15) is 5.56 Å². The minimum Gasteiger partial charge on any atom is -0.486 e. The second-order valence-electron chi connectivity index (χ2n) is 7.68. The number of benzene rings is 2. The number of hydrogen-bond acceptors (Lipinski definition) is 7. The molecule has 3 heterocycles. The standard InChI is InChI=1S/C25H22N4O4/c26-16-19(25(30)27-20-5-6-22-23(15-20)33-12-11-32-22)14-18-13-17-3-1-2-4-21(17)28-24(18)29-7-9-31-10-8-29/h1-6,13-15H,7-12H2,(H,27,30)/b19-14+. The lowest BCUT2D eigenvalue weighted by atomic mass is 10.1. The van der Waals surface area contributed by atoms with Crippen LogP contribution in [0.25, 0.3) is 17.0 Å². The molecule has 33 heavy (non-hydrogen) atoms. The molecule has 2 aromatic carbocycles. The van der Waals surface area contributed by atoms with Crippen LogP contribution >= 0.6 is 0 Å². The summed E-state index contributed by atoms with van der Waals surface area (Å²) in [4.78, 5) is 19.9. The first-order valence-corrected chi connectivity index (χ1v) is 10.8. The van der Waals surface area contributed by atoms with E-state index in [1.54, 1.807) is 24.3 Å². The van der Waals surface area contributed by atoms with Gasteiger partial charge in [-0.1, -0.05) is 18.2 Å². The van der Waals surface area contributed by atoms with Gasteiger partial charge in [0, 0.05) is 35.8 Å². The van der Waals surface area contributed by atoms with Gasteiger partial charge < -0.3 is 24.4 Å². The zero-order valence-electron chi connectivity index (χ0n) is 17.9. The molecule has 0 spiro atoms. The smallest absolute Gasteiger partial charge is 0.266 e. The van der Waals surface area contributed by atoms with Crippen LogP contribution in [0.5, 0.6) is 11.5 Å². The first-order valence-electron chi connectivity index (χ1n) is 10.8. The van der Waals surface area contributed by atoms with Gasteiger partial charge in [0.2, 0.25) is 0 Å². The molecule has 8 nitrogen and oxygen atoms in total. The van der Waals surface area contributed by atoms with E-state index < -0.39 is 5.91 Å². The number of nitriles is 1. The maximum Gasteiger partial charge on any atom is 0.266 e. The van der Waals surface area contributed by atoms with Crippen molar-refractivity contribution in [2.45, 2.75) is 0 Å². The predicted octanol–water partition coefficient (Wildman–Crippen LogP) is 3.39. The molecule has 1 fully saturated rings. The molecule has 1 N–H and O–H groups in total. The van der Waals surface area contributed by atoms with Crippen molar-refractivity contribution in [1.29, 1.82) is 5.26 Å². The molecule has 1 aromatic heterocycles. The van der Waals surface area contributed by atoms with Crippen LogP contribution < -0.4 is 19.7 Å². The Bertz CT molecular complexity index is 1280. The SMILES string of the molecule is N#C/C(=C\c1cc2ccccc2nc1N1CCOCC1)C(=O)Nc1ccc2c(c1)OCCO2. The average Bonchev–Trinajstić information content (AvgIpc) is 2.87. The lowest BCUT2D eigenvalue weighted by Gasteiger charge is -2.29. The van der Waals surface area contributed by atoms with Gasteiger partial charge in [-0.2, -0.15) is 5.26 Å². The monoisotopic (exact) mass is 442 g/mol. The van der Waals surface area contributed by atoms with Crippen LogP contribution in [0.4, 0.5) is 11.5 Å². The largest absolute Gasteiger partial charge is 0.486 e. The van der Waals surface area contributed by atoms with Crippen molar-refractivity contribution in [3.63, 3.8) is 0 Å². The molecule has 1 saturated heterocycles. The summed E-state index contributed by atoms with van der Waals surface area (Å²) in [6, 6.07) is 16.9. The molecular weight excluding hydrogens is 420 g/mol. The number of rotatable bonds is 4. The predicted molar refractivity (Wildman–Crippen MR) is 124 cm³/mol. The van der Waals surface area contributed by atoms with E-state index in [9.17, 15) is 10.1 Å². The van der Waals surface area contributed by atoms with Crippen LogP contribution in [0.15, 0.2) is 54.1 Å². The molecule has 0 bridgehead atoms. The van der Waals surface area contributed by atoms with Crippen molar-refractivity contribution in [2.75, 3.05) is 49.7 Å². The quantitative estimate of drug-likeness (QED) is 0.489. The van der Waals surface area contributed by atoms with Crippen molar-refractivity contribution >= 4 is 34.4 Å². The molecule has 0 saturated carbocycles. The summed E-state index contributed by atoms with van der Waals surface area (Å²) in [5.41, 5.74) is 2.08. The molecule has 2 aliphatic heterocycles. The third-order valence-electron chi connectivity index (χ3n) is 5.51. The molecule has 0 radical (unpaired) electrons. The van der Waals surface area contributed by atoms with E-state index in [0.29, 0.717) is 62.3 Å². The summed E-state index contributed by atoms with van der Waals surface area (Å²) in [7, 11) is 0. The Labute approximate surface area is 191 Å². The number of anilines is 2. The van der Waals surface area contributed by atoms with Gasteiger partial charge in [-0.05, 0) is 30.3 Å². The van der Waals surface area contributed by atoms with Crippen molar-refractivity contribution in [3.8, 4) is 17.6 Å². The van der Waals surface area contributed by atoms with E-state index in [-0.39, 0.29) is 5.57 Å². The van der Waals surface area contributed by atoms with E-state index in [2.05, 4.69) is 10.2 Å². The number of amides is 1. The molecule has 1 amide bonds. The number of para-hydroxylation sites is 1. The van der Waals surface area contributed by atoms with E-state index in [0.717, 1.165) is 16.7 Å². The molecule has 0 unspecified atom stereocenters. The number of ether oxygens (including phenoxy) is 3. The third-order valence-corrected chi connectivity index (χ3v) is 5.51. The minimum atomic E-state index is -0.504. The highest BCUT2D eigenvalue weighted by Gasteiger charge is 2.19. The zero-order valence-corrected chi connectivity index (χ0v) is 17.9. The summed E-state index contributed by atoms with van der Waals surface area (Å²) in [6.07, 6.45) is 1.59. The number of carbonyl (C=O) groups is 1. The summed E-state index contributed by atoms with van der Waals surface area (Å²) in [5.74, 6) is 1.43. The Morgan fingerprint density at radius 2 is 1.82 bits per heavy atom. The molecular formula is C25H22N4O4. The number of carbonyl (C=O) groups excluding carboxylic acids is 1. The normalized spacial score (nSPS) is 15.7. The van der Waals surface area contributed by atoms with E-state index >= 15 is 0 Å². The van der Waals surface area contributed by atoms with Gasteiger partial charge in [0.15, 0.2) is 11.5 Å². The summed E-state index contributed by atoms with van der Waals surface area (Å²) < 4.78 is 16.6. The molecule has 2 aliphatic rings. The van der Waals surface area contributed by atoms with Crippen molar-refractivity contribution < 1.29 is 19.0 Å². The lowest BCUT2D eigenvalue weighted by molar-refractivity contribution is -0.112. The molecule has 0 atom stereocenters. The van der Waals surface area contributed by atoms with Crippen LogP contribution in [0.3, 0.4) is 0 Å². The van der Waals surface area contributed by atoms with Crippen LogP contribution in [-0.2, 0) is 9.53 Å². The fraction of sp³-hybridized carbons (Fsp3) is 0.240. The third kappa shape index (κ3) is 4.45. The maximum absolute atomic E-state index is 12.9. The number of nitrogens with zero attached hydrogens (tertiary/aromatic N) is 3. The molecule has 166 valence electrons. The van der Waals surface area contributed by atoms with Crippen molar-refractivity contribution in [2.24, 2.45) is 0 Å². The highest BCUT2D eigenvalue weighted by atomic mass is 16.6. The number of hydrogen-bond donors (Lipinski definition) is 1.